The van der Waals surface area contributed by atoms with Gasteiger partial charge in [-0.25, -0.2) is 26.3 Å². The van der Waals surface area contributed by atoms with E-state index in [1.807, 2.05) is 6.92 Å². The summed E-state index contributed by atoms with van der Waals surface area (Å²) in [5, 5.41) is -0.0479. The number of aryl methyl sites for hydroxylation is 1. The molecule has 0 aliphatic heterocycles. The number of hydrogen-bond donors (Lipinski definition) is 0. The second-order valence-corrected chi connectivity index (χ2v) is 8.37. The molecule has 0 amide bonds. The highest BCUT2D eigenvalue weighted by Gasteiger charge is 2.16. The SMILES string of the molecule is CCCCCc1cc(F)c(OCc2ccc(-c3ccc4c(F)c(F)c(F)cc4c3)c(F)c2)c(F)c1. The number of benzene rings is 4. The number of hydrogen-bond acceptors (Lipinski definition) is 1. The third kappa shape index (κ3) is 5.29. The molecule has 0 aromatic heterocycles. The highest BCUT2D eigenvalue weighted by Crippen LogP contribution is 2.31. The van der Waals surface area contributed by atoms with E-state index in [9.17, 15) is 26.3 Å². The zero-order valence-corrected chi connectivity index (χ0v) is 18.9. The molecule has 4 aromatic rings. The van der Waals surface area contributed by atoms with Crippen molar-refractivity contribution in [2.75, 3.05) is 0 Å². The predicted molar refractivity (Wildman–Crippen MR) is 123 cm³/mol. The molecule has 0 aliphatic rings. The average Bonchev–Trinajstić information content (AvgIpc) is 2.82. The lowest BCUT2D eigenvalue weighted by atomic mass is 9.99. The highest BCUT2D eigenvalue weighted by atomic mass is 19.2. The van der Waals surface area contributed by atoms with Crippen LogP contribution in [0.1, 0.15) is 37.3 Å². The van der Waals surface area contributed by atoms with E-state index >= 15 is 0 Å². The number of ether oxygens (including phenoxy) is 1. The predicted octanol–water partition coefficient (Wildman–Crippen LogP) is 8.65. The summed E-state index contributed by atoms with van der Waals surface area (Å²) in [4.78, 5) is 0. The van der Waals surface area contributed by atoms with E-state index < -0.39 is 40.7 Å². The monoisotopic (exact) mass is 488 g/mol. The fourth-order valence-electron chi connectivity index (χ4n) is 3.98. The maximum atomic E-state index is 14.8. The van der Waals surface area contributed by atoms with Crippen molar-refractivity contribution in [2.24, 2.45) is 0 Å². The molecular formula is C28H22F6O. The normalized spacial score (nSPS) is 11.3. The molecule has 0 saturated carbocycles. The summed E-state index contributed by atoms with van der Waals surface area (Å²) < 4.78 is 89.9. The Kier molecular flexibility index (Phi) is 7.34. The van der Waals surface area contributed by atoms with E-state index in [-0.39, 0.29) is 22.9 Å². The van der Waals surface area contributed by atoms with Gasteiger partial charge in [-0.2, -0.15) is 0 Å². The zero-order valence-electron chi connectivity index (χ0n) is 18.9. The number of halogens is 6. The van der Waals surface area contributed by atoms with Crippen LogP contribution in [0.25, 0.3) is 21.9 Å². The summed E-state index contributed by atoms with van der Waals surface area (Å²) in [6, 6.07) is 11.4. The van der Waals surface area contributed by atoms with Gasteiger partial charge in [-0.05, 0) is 65.3 Å². The first-order chi connectivity index (χ1) is 16.8. The first-order valence-electron chi connectivity index (χ1n) is 11.2. The van der Waals surface area contributed by atoms with Crippen LogP contribution in [-0.2, 0) is 13.0 Å². The van der Waals surface area contributed by atoms with Crippen LogP contribution < -0.4 is 4.74 Å². The third-order valence-electron chi connectivity index (χ3n) is 5.83. The van der Waals surface area contributed by atoms with Crippen molar-refractivity contribution in [2.45, 2.75) is 39.2 Å². The Hall–Kier alpha value is -3.48. The Morgan fingerprint density at radius 3 is 2.06 bits per heavy atom. The summed E-state index contributed by atoms with van der Waals surface area (Å²) in [5.41, 5.74) is 1.34. The summed E-state index contributed by atoms with van der Waals surface area (Å²) in [6.45, 7) is 1.77. The van der Waals surface area contributed by atoms with E-state index in [1.165, 1.54) is 42.5 Å². The van der Waals surface area contributed by atoms with Crippen molar-refractivity contribution >= 4 is 10.8 Å². The van der Waals surface area contributed by atoms with Crippen LogP contribution in [0, 0.1) is 34.9 Å². The molecule has 35 heavy (non-hydrogen) atoms. The molecule has 0 spiro atoms. The number of unbranched alkanes of at least 4 members (excludes halogenated alkanes) is 2. The second-order valence-electron chi connectivity index (χ2n) is 8.37. The van der Waals surface area contributed by atoms with Crippen LogP contribution in [0.5, 0.6) is 5.75 Å². The molecule has 7 heteroatoms. The largest absolute Gasteiger partial charge is 0.483 e. The summed E-state index contributed by atoms with van der Waals surface area (Å²) in [7, 11) is 0. The molecule has 0 aliphatic carbocycles. The van der Waals surface area contributed by atoms with Crippen LogP contribution in [0.4, 0.5) is 26.3 Å². The number of rotatable bonds is 8. The van der Waals surface area contributed by atoms with Gasteiger partial charge in [0.1, 0.15) is 12.4 Å². The van der Waals surface area contributed by atoms with Crippen molar-refractivity contribution in [1.29, 1.82) is 0 Å². The first-order valence-corrected chi connectivity index (χ1v) is 11.2. The van der Waals surface area contributed by atoms with Gasteiger partial charge in [0.2, 0.25) is 0 Å². The van der Waals surface area contributed by atoms with Crippen molar-refractivity contribution in [3.05, 3.63) is 101 Å². The third-order valence-corrected chi connectivity index (χ3v) is 5.83. The van der Waals surface area contributed by atoms with Gasteiger partial charge in [-0.15, -0.1) is 0 Å². The lowest BCUT2D eigenvalue weighted by Crippen LogP contribution is -2.02. The van der Waals surface area contributed by atoms with Gasteiger partial charge in [0, 0.05) is 10.9 Å². The van der Waals surface area contributed by atoms with Gasteiger partial charge >= 0.3 is 0 Å². The lowest BCUT2D eigenvalue weighted by molar-refractivity contribution is 0.273. The summed E-state index contributed by atoms with van der Waals surface area (Å²) in [5.74, 6) is -7.05. The minimum Gasteiger partial charge on any atom is -0.483 e. The van der Waals surface area contributed by atoms with E-state index in [2.05, 4.69) is 0 Å². The van der Waals surface area contributed by atoms with Gasteiger partial charge in [0.25, 0.3) is 0 Å². The maximum absolute atomic E-state index is 14.8. The molecule has 4 aromatic carbocycles. The smallest absolute Gasteiger partial charge is 0.195 e. The average molecular weight is 488 g/mol. The fourth-order valence-corrected chi connectivity index (χ4v) is 3.98. The molecular weight excluding hydrogens is 466 g/mol. The first kappa shape index (κ1) is 24.6. The zero-order chi connectivity index (χ0) is 25.1. The van der Waals surface area contributed by atoms with E-state index in [0.717, 1.165) is 31.4 Å². The molecule has 0 N–H and O–H groups in total. The fraction of sp³-hybridized carbons (Fsp3) is 0.214. The molecule has 0 radical (unpaired) electrons. The van der Waals surface area contributed by atoms with Gasteiger partial charge in [-0.1, -0.05) is 44.0 Å². The van der Waals surface area contributed by atoms with E-state index in [1.54, 1.807) is 0 Å². The van der Waals surface area contributed by atoms with Gasteiger partial charge < -0.3 is 4.74 Å². The Bertz CT molecular complexity index is 1360. The molecule has 0 atom stereocenters. The molecule has 0 saturated heterocycles. The molecule has 0 heterocycles. The maximum Gasteiger partial charge on any atom is 0.195 e. The number of fused-ring (bicyclic) bond motifs is 1. The molecule has 0 fully saturated rings. The Balaban J connectivity index is 1.52. The molecule has 1 nitrogen and oxygen atoms in total. The molecule has 0 bridgehead atoms. The lowest BCUT2D eigenvalue weighted by Gasteiger charge is -2.12. The standard InChI is InChI=1S/C28H22F6O/c1-2-3-4-5-16-10-24(31)28(25(32)11-16)35-15-17-6-8-20(22(29)12-17)18-7-9-21-19(13-18)14-23(30)27(34)26(21)33/h6-14H,2-5,15H2,1H3. The van der Waals surface area contributed by atoms with Crippen LogP contribution in [0.3, 0.4) is 0 Å². The highest BCUT2D eigenvalue weighted by molar-refractivity contribution is 5.88. The quantitative estimate of drug-likeness (QED) is 0.137. The van der Waals surface area contributed by atoms with Crippen molar-refractivity contribution in [3.8, 4) is 16.9 Å². The van der Waals surface area contributed by atoms with E-state index in [0.29, 0.717) is 23.1 Å². The Morgan fingerprint density at radius 2 is 1.37 bits per heavy atom. The van der Waals surface area contributed by atoms with E-state index in [4.69, 9.17) is 4.74 Å². The Morgan fingerprint density at radius 1 is 0.657 bits per heavy atom. The minimum absolute atomic E-state index is 0.0785. The van der Waals surface area contributed by atoms with Crippen LogP contribution in [0.15, 0.2) is 54.6 Å². The molecule has 0 unspecified atom stereocenters. The molecule has 182 valence electrons. The van der Waals surface area contributed by atoms with Crippen LogP contribution in [-0.4, -0.2) is 0 Å². The second kappa shape index (κ2) is 10.4. The van der Waals surface area contributed by atoms with Crippen LogP contribution >= 0.6 is 0 Å². The van der Waals surface area contributed by atoms with Gasteiger partial charge in [-0.3, -0.25) is 0 Å². The van der Waals surface area contributed by atoms with Crippen molar-refractivity contribution in [1.82, 2.24) is 0 Å². The topological polar surface area (TPSA) is 9.23 Å². The van der Waals surface area contributed by atoms with Gasteiger partial charge in [0.15, 0.2) is 34.8 Å². The summed E-state index contributed by atoms with van der Waals surface area (Å²) in [6.07, 6.45) is 3.37. The van der Waals surface area contributed by atoms with Crippen LogP contribution in [0.2, 0.25) is 0 Å². The minimum atomic E-state index is -1.57. The van der Waals surface area contributed by atoms with Gasteiger partial charge in [0.05, 0.1) is 0 Å². The van der Waals surface area contributed by atoms with Crippen molar-refractivity contribution in [3.63, 3.8) is 0 Å². The Labute approximate surface area is 199 Å². The summed E-state index contributed by atoms with van der Waals surface area (Å²) >= 11 is 0. The van der Waals surface area contributed by atoms with Crippen molar-refractivity contribution < 1.29 is 31.1 Å². The molecule has 4 rings (SSSR count).